The Labute approximate surface area is 137 Å². The number of phenolic OH excluding ortho intramolecular Hbond substituents is 1. The van der Waals surface area contributed by atoms with E-state index in [0.717, 1.165) is 25.7 Å². The quantitative estimate of drug-likeness (QED) is 0.836. The van der Waals surface area contributed by atoms with Crippen LogP contribution in [0, 0.1) is 5.92 Å². The van der Waals surface area contributed by atoms with Crippen molar-refractivity contribution in [1.82, 2.24) is 0 Å². The van der Waals surface area contributed by atoms with Crippen molar-refractivity contribution in [2.24, 2.45) is 5.92 Å². The molecular formula is C19H26O4. The van der Waals surface area contributed by atoms with Gasteiger partial charge in [-0.3, -0.25) is 0 Å². The van der Waals surface area contributed by atoms with E-state index in [2.05, 4.69) is 13.0 Å². The monoisotopic (exact) mass is 318 g/mol. The van der Waals surface area contributed by atoms with Gasteiger partial charge < -0.3 is 19.7 Å². The Morgan fingerprint density at radius 3 is 2.70 bits per heavy atom. The summed E-state index contributed by atoms with van der Waals surface area (Å²) in [6.07, 6.45) is 4.37. The summed E-state index contributed by atoms with van der Waals surface area (Å²) in [6, 6.07) is 5.73. The first-order valence-electron chi connectivity index (χ1n) is 8.75. The molecular weight excluding hydrogens is 292 g/mol. The molecule has 126 valence electrons. The second-order valence-electron chi connectivity index (χ2n) is 7.69. The lowest BCUT2D eigenvalue weighted by Crippen LogP contribution is -2.64. The van der Waals surface area contributed by atoms with Crippen LogP contribution >= 0.6 is 0 Å². The molecule has 4 rings (SSSR count). The highest BCUT2D eigenvalue weighted by molar-refractivity contribution is 5.43. The van der Waals surface area contributed by atoms with E-state index in [1.54, 1.807) is 6.07 Å². The van der Waals surface area contributed by atoms with Crippen molar-refractivity contribution >= 4 is 0 Å². The van der Waals surface area contributed by atoms with E-state index in [1.807, 2.05) is 13.0 Å². The zero-order valence-electron chi connectivity index (χ0n) is 14.0. The Morgan fingerprint density at radius 1 is 1.26 bits per heavy atom. The average molecular weight is 318 g/mol. The molecule has 3 atom stereocenters. The molecule has 2 fully saturated rings. The highest BCUT2D eigenvalue weighted by Crippen LogP contribution is 2.59. The molecule has 4 nitrogen and oxygen atoms in total. The average Bonchev–Trinajstić information content (AvgIpc) is 2.98. The third kappa shape index (κ3) is 2.01. The van der Waals surface area contributed by atoms with Crippen molar-refractivity contribution in [1.29, 1.82) is 0 Å². The first-order valence-corrected chi connectivity index (χ1v) is 8.75. The van der Waals surface area contributed by atoms with Gasteiger partial charge in [0.1, 0.15) is 11.4 Å². The molecule has 3 aliphatic rings. The van der Waals surface area contributed by atoms with Crippen LogP contribution < -0.4 is 0 Å². The zero-order valence-corrected chi connectivity index (χ0v) is 14.0. The maximum absolute atomic E-state index is 11.2. The Hall–Kier alpha value is -1.10. The molecule has 2 aliphatic carbocycles. The third-order valence-electron chi connectivity index (χ3n) is 6.55. The van der Waals surface area contributed by atoms with Gasteiger partial charge in [0.2, 0.25) is 0 Å². The highest BCUT2D eigenvalue weighted by Gasteiger charge is 2.63. The number of rotatable bonds is 1. The summed E-state index contributed by atoms with van der Waals surface area (Å²) in [5.41, 5.74) is 1.44. The van der Waals surface area contributed by atoms with E-state index in [4.69, 9.17) is 9.47 Å². The summed E-state index contributed by atoms with van der Waals surface area (Å²) in [5.74, 6) is -0.0806. The Balaban J connectivity index is 1.81. The molecule has 23 heavy (non-hydrogen) atoms. The number of hydrogen-bond donors (Lipinski definition) is 2. The van der Waals surface area contributed by atoms with Crippen LogP contribution in [0.5, 0.6) is 5.75 Å². The second-order valence-corrected chi connectivity index (χ2v) is 7.69. The molecule has 0 radical (unpaired) electrons. The molecule has 2 N–H and O–H groups in total. The number of aromatic hydroxyl groups is 1. The van der Waals surface area contributed by atoms with E-state index in [1.165, 1.54) is 11.1 Å². The van der Waals surface area contributed by atoms with Crippen LogP contribution in [0.25, 0.3) is 0 Å². The van der Waals surface area contributed by atoms with Crippen molar-refractivity contribution in [3.05, 3.63) is 29.3 Å². The Bertz CT molecular complexity index is 618. The lowest BCUT2D eigenvalue weighted by atomic mass is 9.51. The maximum atomic E-state index is 11.2. The first kappa shape index (κ1) is 15.4. The van der Waals surface area contributed by atoms with Crippen LogP contribution in [0.3, 0.4) is 0 Å². The molecule has 1 saturated carbocycles. The standard InChI is InChI=1S/C19H26O4/c1-3-18-12-17(2,21)19(22-8-9-23-19)11-14(18)5-4-13-10-15(20)6-7-16(13)18/h6-7,10,14,20-21H,3-5,8-9,11-12H2,1-2H3/t14-,17-,18-/m1/s1. The number of aryl methyl sites for hydroxylation is 1. The first-order chi connectivity index (χ1) is 10.9. The summed E-state index contributed by atoms with van der Waals surface area (Å²) < 4.78 is 11.9. The van der Waals surface area contributed by atoms with Gasteiger partial charge in [0, 0.05) is 11.8 Å². The predicted molar refractivity (Wildman–Crippen MR) is 86.4 cm³/mol. The van der Waals surface area contributed by atoms with Gasteiger partial charge in [0.15, 0.2) is 5.79 Å². The molecule has 0 aromatic heterocycles. The van der Waals surface area contributed by atoms with Crippen molar-refractivity contribution in [3.8, 4) is 5.75 Å². The second kappa shape index (κ2) is 4.95. The van der Waals surface area contributed by atoms with Gasteiger partial charge in [-0.2, -0.15) is 0 Å². The van der Waals surface area contributed by atoms with Crippen LogP contribution in [-0.2, 0) is 21.3 Å². The van der Waals surface area contributed by atoms with Gasteiger partial charge in [-0.15, -0.1) is 0 Å². The van der Waals surface area contributed by atoms with Gasteiger partial charge in [-0.05, 0) is 61.8 Å². The fourth-order valence-electron chi connectivity index (χ4n) is 5.42. The van der Waals surface area contributed by atoms with Crippen LogP contribution in [0.15, 0.2) is 18.2 Å². The third-order valence-corrected chi connectivity index (χ3v) is 6.55. The Morgan fingerprint density at radius 2 is 2.00 bits per heavy atom. The highest BCUT2D eigenvalue weighted by atomic mass is 16.7. The van der Waals surface area contributed by atoms with Crippen LogP contribution in [0.2, 0.25) is 0 Å². The molecule has 0 unspecified atom stereocenters. The zero-order chi connectivity index (χ0) is 16.3. The smallest absolute Gasteiger partial charge is 0.197 e. The summed E-state index contributed by atoms with van der Waals surface area (Å²) in [7, 11) is 0. The lowest BCUT2D eigenvalue weighted by Gasteiger charge is -2.58. The Kier molecular flexibility index (Phi) is 3.32. The van der Waals surface area contributed by atoms with E-state index >= 15 is 0 Å². The van der Waals surface area contributed by atoms with Gasteiger partial charge in [-0.1, -0.05) is 13.0 Å². The van der Waals surface area contributed by atoms with Crippen molar-refractivity contribution < 1.29 is 19.7 Å². The minimum atomic E-state index is -1.01. The van der Waals surface area contributed by atoms with E-state index in [9.17, 15) is 10.2 Å². The normalized spacial score (nSPS) is 38.3. The van der Waals surface area contributed by atoms with Gasteiger partial charge in [0.25, 0.3) is 0 Å². The largest absolute Gasteiger partial charge is 0.508 e. The minimum absolute atomic E-state index is 0.0641. The summed E-state index contributed by atoms with van der Waals surface area (Å²) >= 11 is 0. The lowest BCUT2D eigenvalue weighted by molar-refractivity contribution is -0.300. The molecule has 1 aliphatic heterocycles. The van der Waals surface area contributed by atoms with Crippen molar-refractivity contribution in [2.45, 2.75) is 62.8 Å². The predicted octanol–water partition coefficient (Wildman–Crippen LogP) is 2.89. The van der Waals surface area contributed by atoms with Gasteiger partial charge in [0.05, 0.1) is 13.2 Å². The maximum Gasteiger partial charge on any atom is 0.197 e. The van der Waals surface area contributed by atoms with E-state index in [0.29, 0.717) is 31.3 Å². The molecule has 1 spiro atoms. The fourth-order valence-corrected chi connectivity index (χ4v) is 5.42. The van der Waals surface area contributed by atoms with E-state index in [-0.39, 0.29) is 5.41 Å². The molecule has 1 aromatic rings. The van der Waals surface area contributed by atoms with Gasteiger partial charge in [-0.25, -0.2) is 0 Å². The summed E-state index contributed by atoms with van der Waals surface area (Å²) in [5, 5.41) is 21.1. The van der Waals surface area contributed by atoms with Gasteiger partial charge >= 0.3 is 0 Å². The molecule has 0 bridgehead atoms. The summed E-state index contributed by atoms with van der Waals surface area (Å²) in [4.78, 5) is 0. The SMILES string of the molecule is CC[C@@]12C[C@@](C)(O)C3(C[C@H]1CCc1cc(O)ccc12)OCCO3. The van der Waals surface area contributed by atoms with Crippen LogP contribution in [-0.4, -0.2) is 34.8 Å². The van der Waals surface area contributed by atoms with Crippen LogP contribution in [0.4, 0.5) is 0 Å². The number of phenols is 1. The molecule has 4 heteroatoms. The number of aliphatic hydroxyl groups is 1. The molecule has 1 aromatic carbocycles. The summed E-state index contributed by atoms with van der Waals surface area (Å²) in [6.45, 7) is 5.19. The molecule has 0 amide bonds. The number of fused-ring (bicyclic) bond motifs is 3. The van der Waals surface area contributed by atoms with Crippen molar-refractivity contribution in [2.75, 3.05) is 13.2 Å². The number of benzene rings is 1. The molecule has 1 heterocycles. The van der Waals surface area contributed by atoms with Crippen molar-refractivity contribution in [3.63, 3.8) is 0 Å². The number of ether oxygens (including phenoxy) is 2. The minimum Gasteiger partial charge on any atom is -0.508 e. The van der Waals surface area contributed by atoms with Crippen LogP contribution in [0.1, 0.15) is 50.7 Å². The fraction of sp³-hybridized carbons (Fsp3) is 0.684. The topological polar surface area (TPSA) is 58.9 Å². The van der Waals surface area contributed by atoms with E-state index < -0.39 is 11.4 Å². The molecule has 1 saturated heterocycles. The number of hydrogen-bond acceptors (Lipinski definition) is 4.